The molecule has 1 aromatic carbocycles. The second kappa shape index (κ2) is 5.30. The average molecular weight is 331 g/mol. The molecular weight excluding hydrogens is 318 g/mol. The number of hydrogen-bond acceptors (Lipinski definition) is 3. The Morgan fingerprint density at radius 2 is 2.22 bits per heavy atom. The van der Waals surface area contributed by atoms with Crippen LogP contribution in [0.15, 0.2) is 22.7 Å². The van der Waals surface area contributed by atoms with Crippen molar-refractivity contribution in [2.24, 2.45) is 12.8 Å². The highest BCUT2D eigenvalue weighted by Gasteiger charge is 2.15. The number of halogens is 2. The Kier molecular flexibility index (Phi) is 3.94. The Bertz CT molecular complexity index is 583. The van der Waals surface area contributed by atoms with Gasteiger partial charge in [-0.05, 0) is 34.1 Å². The summed E-state index contributed by atoms with van der Waals surface area (Å²) in [6.45, 7) is 0.355. The second-order valence-corrected chi connectivity index (χ2v) is 4.99. The SMILES string of the molecule is COc1ccc(-c2c(Cl)nc(CN)n2C)cc1Br. The summed E-state index contributed by atoms with van der Waals surface area (Å²) in [6.07, 6.45) is 0. The molecule has 2 N–H and O–H groups in total. The van der Waals surface area contributed by atoms with Gasteiger partial charge in [-0.25, -0.2) is 4.98 Å². The third-order valence-corrected chi connectivity index (χ3v) is 3.64. The second-order valence-electron chi connectivity index (χ2n) is 3.78. The van der Waals surface area contributed by atoms with Crippen molar-refractivity contribution in [1.29, 1.82) is 0 Å². The standard InChI is InChI=1S/C12H13BrClN3O/c1-17-10(6-15)16-12(14)11(17)7-3-4-9(18-2)8(13)5-7/h3-5H,6,15H2,1-2H3. The van der Waals surface area contributed by atoms with Crippen LogP contribution in [0.25, 0.3) is 11.3 Å². The fraction of sp³-hybridized carbons (Fsp3) is 0.250. The van der Waals surface area contributed by atoms with Crippen molar-refractivity contribution in [2.45, 2.75) is 6.54 Å². The van der Waals surface area contributed by atoms with Gasteiger partial charge in [-0.15, -0.1) is 0 Å². The fourth-order valence-corrected chi connectivity index (χ4v) is 2.69. The third kappa shape index (κ3) is 2.25. The topological polar surface area (TPSA) is 53.1 Å². The first-order valence-corrected chi connectivity index (χ1v) is 6.50. The van der Waals surface area contributed by atoms with Gasteiger partial charge in [-0.3, -0.25) is 0 Å². The van der Waals surface area contributed by atoms with Gasteiger partial charge < -0.3 is 15.0 Å². The summed E-state index contributed by atoms with van der Waals surface area (Å²) in [5.74, 6) is 1.53. The Morgan fingerprint density at radius 1 is 1.50 bits per heavy atom. The molecule has 0 aliphatic carbocycles. The van der Waals surface area contributed by atoms with Crippen molar-refractivity contribution >= 4 is 27.5 Å². The number of ether oxygens (including phenoxy) is 1. The lowest BCUT2D eigenvalue weighted by Crippen LogP contribution is -2.05. The zero-order chi connectivity index (χ0) is 13.3. The van der Waals surface area contributed by atoms with Gasteiger partial charge in [0.25, 0.3) is 0 Å². The Hall–Kier alpha value is -1.04. The molecule has 2 rings (SSSR count). The van der Waals surface area contributed by atoms with E-state index >= 15 is 0 Å². The summed E-state index contributed by atoms with van der Waals surface area (Å²) < 4.78 is 7.97. The highest BCUT2D eigenvalue weighted by atomic mass is 79.9. The molecule has 18 heavy (non-hydrogen) atoms. The molecule has 1 aromatic heterocycles. The van der Waals surface area contributed by atoms with Crippen LogP contribution in [0.3, 0.4) is 0 Å². The van der Waals surface area contributed by atoms with Gasteiger partial charge >= 0.3 is 0 Å². The molecule has 96 valence electrons. The predicted octanol–water partition coefficient (Wildman–Crippen LogP) is 2.97. The van der Waals surface area contributed by atoms with E-state index in [2.05, 4.69) is 20.9 Å². The van der Waals surface area contributed by atoms with E-state index in [4.69, 9.17) is 22.1 Å². The first-order valence-electron chi connectivity index (χ1n) is 5.33. The van der Waals surface area contributed by atoms with Crippen LogP contribution in [0.1, 0.15) is 5.82 Å². The van der Waals surface area contributed by atoms with Gasteiger partial charge in [-0.2, -0.15) is 0 Å². The summed E-state index contributed by atoms with van der Waals surface area (Å²) >= 11 is 9.61. The van der Waals surface area contributed by atoms with Crippen LogP contribution in [0, 0.1) is 0 Å². The Labute approximate surface area is 119 Å². The molecule has 4 nitrogen and oxygen atoms in total. The number of aromatic nitrogens is 2. The molecule has 0 aliphatic heterocycles. The van der Waals surface area contributed by atoms with Crippen LogP contribution in [0.4, 0.5) is 0 Å². The number of imidazole rings is 1. The maximum atomic E-state index is 6.16. The molecule has 6 heteroatoms. The Morgan fingerprint density at radius 3 is 2.72 bits per heavy atom. The van der Waals surface area contributed by atoms with E-state index < -0.39 is 0 Å². The molecule has 0 amide bonds. The van der Waals surface area contributed by atoms with E-state index in [0.717, 1.165) is 27.3 Å². The van der Waals surface area contributed by atoms with Crippen LogP contribution >= 0.6 is 27.5 Å². The van der Waals surface area contributed by atoms with Gasteiger partial charge in [-0.1, -0.05) is 11.6 Å². The maximum absolute atomic E-state index is 6.16. The zero-order valence-electron chi connectivity index (χ0n) is 10.1. The summed E-state index contributed by atoms with van der Waals surface area (Å²) in [5.41, 5.74) is 7.42. The van der Waals surface area contributed by atoms with Crippen LogP contribution in [-0.4, -0.2) is 16.7 Å². The van der Waals surface area contributed by atoms with Gasteiger partial charge in [0.1, 0.15) is 11.6 Å². The quantitative estimate of drug-likeness (QED) is 0.941. The molecule has 2 aromatic rings. The molecule has 0 saturated carbocycles. The predicted molar refractivity (Wildman–Crippen MR) is 75.8 cm³/mol. The maximum Gasteiger partial charge on any atom is 0.155 e. The smallest absolute Gasteiger partial charge is 0.155 e. The zero-order valence-corrected chi connectivity index (χ0v) is 12.4. The molecule has 0 radical (unpaired) electrons. The summed E-state index contributed by atoms with van der Waals surface area (Å²) in [6, 6.07) is 5.76. The number of benzene rings is 1. The van der Waals surface area contributed by atoms with Crippen LogP contribution in [-0.2, 0) is 13.6 Å². The third-order valence-electron chi connectivity index (χ3n) is 2.75. The monoisotopic (exact) mass is 329 g/mol. The minimum atomic E-state index is 0.355. The van der Waals surface area contributed by atoms with E-state index in [1.807, 2.05) is 29.8 Å². The van der Waals surface area contributed by atoms with Crippen molar-refractivity contribution in [2.75, 3.05) is 7.11 Å². The van der Waals surface area contributed by atoms with Gasteiger partial charge in [0.05, 0.1) is 23.8 Å². The fourth-order valence-electron chi connectivity index (χ4n) is 1.82. The molecule has 0 aliphatic rings. The van der Waals surface area contributed by atoms with Crippen molar-refractivity contribution < 1.29 is 4.74 Å². The summed E-state index contributed by atoms with van der Waals surface area (Å²) in [5, 5.41) is 0.454. The Balaban J connectivity index is 2.55. The molecule has 0 spiro atoms. The van der Waals surface area contributed by atoms with Gasteiger partial charge in [0.2, 0.25) is 0 Å². The number of hydrogen-bond donors (Lipinski definition) is 1. The largest absolute Gasteiger partial charge is 0.496 e. The average Bonchev–Trinajstić information content (AvgIpc) is 2.64. The summed E-state index contributed by atoms with van der Waals surface area (Å²) in [7, 11) is 3.53. The number of methoxy groups -OCH3 is 1. The number of rotatable bonds is 3. The minimum absolute atomic E-state index is 0.355. The molecule has 0 atom stereocenters. The molecule has 0 unspecified atom stereocenters. The van der Waals surface area contributed by atoms with Crippen LogP contribution < -0.4 is 10.5 Å². The molecular formula is C12H13BrClN3O. The van der Waals surface area contributed by atoms with Crippen molar-refractivity contribution in [3.05, 3.63) is 33.6 Å². The van der Waals surface area contributed by atoms with E-state index in [1.165, 1.54) is 0 Å². The van der Waals surface area contributed by atoms with E-state index in [9.17, 15) is 0 Å². The highest BCUT2D eigenvalue weighted by Crippen LogP contribution is 2.33. The van der Waals surface area contributed by atoms with Crippen LogP contribution in [0.2, 0.25) is 5.15 Å². The van der Waals surface area contributed by atoms with Gasteiger partial charge in [0, 0.05) is 12.6 Å². The van der Waals surface area contributed by atoms with Gasteiger partial charge in [0.15, 0.2) is 5.15 Å². The molecule has 0 bridgehead atoms. The van der Waals surface area contributed by atoms with E-state index in [-0.39, 0.29) is 0 Å². The normalized spacial score (nSPS) is 10.7. The lowest BCUT2D eigenvalue weighted by Gasteiger charge is -2.08. The van der Waals surface area contributed by atoms with Crippen molar-refractivity contribution in [3.63, 3.8) is 0 Å². The van der Waals surface area contributed by atoms with Crippen molar-refractivity contribution in [1.82, 2.24) is 9.55 Å². The van der Waals surface area contributed by atoms with E-state index in [1.54, 1.807) is 7.11 Å². The molecule has 0 saturated heterocycles. The first-order chi connectivity index (χ1) is 8.58. The summed E-state index contributed by atoms with van der Waals surface area (Å²) in [4.78, 5) is 4.23. The lowest BCUT2D eigenvalue weighted by molar-refractivity contribution is 0.412. The first kappa shape index (κ1) is 13.4. The lowest BCUT2D eigenvalue weighted by atomic mass is 10.1. The van der Waals surface area contributed by atoms with Crippen LogP contribution in [0.5, 0.6) is 5.75 Å². The molecule has 1 heterocycles. The number of nitrogens with zero attached hydrogens (tertiary/aromatic N) is 2. The minimum Gasteiger partial charge on any atom is -0.496 e. The van der Waals surface area contributed by atoms with E-state index in [0.29, 0.717) is 11.7 Å². The highest BCUT2D eigenvalue weighted by molar-refractivity contribution is 9.10. The molecule has 0 fully saturated rings. The number of nitrogens with two attached hydrogens (primary N) is 1. The van der Waals surface area contributed by atoms with Crippen molar-refractivity contribution in [3.8, 4) is 17.0 Å².